The van der Waals surface area contributed by atoms with Gasteiger partial charge in [0.1, 0.15) is 11.9 Å². The zero-order chi connectivity index (χ0) is 12.3. The van der Waals surface area contributed by atoms with E-state index in [1.54, 1.807) is 0 Å². The van der Waals surface area contributed by atoms with E-state index in [4.69, 9.17) is 5.26 Å². The Bertz CT molecular complexity index is 422. The Kier molecular flexibility index (Phi) is 3.54. The summed E-state index contributed by atoms with van der Waals surface area (Å²) in [6.45, 7) is 11.1. The molecule has 0 saturated carbocycles. The van der Waals surface area contributed by atoms with Crippen LogP contribution in [0.25, 0.3) is 0 Å². The molecule has 16 heavy (non-hydrogen) atoms. The van der Waals surface area contributed by atoms with Crippen LogP contribution in [0.15, 0.2) is 6.07 Å². The molecule has 1 N–H and O–H groups in total. The highest BCUT2D eigenvalue weighted by Crippen LogP contribution is 2.20. The van der Waals surface area contributed by atoms with Crippen molar-refractivity contribution in [2.24, 2.45) is 5.41 Å². The van der Waals surface area contributed by atoms with Crippen LogP contribution in [-0.2, 0) is 0 Å². The van der Waals surface area contributed by atoms with Crippen molar-refractivity contribution in [2.45, 2.75) is 34.6 Å². The molecule has 0 aliphatic rings. The van der Waals surface area contributed by atoms with Crippen LogP contribution in [0.1, 0.15) is 37.6 Å². The number of pyridine rings is 1. The van der Waals surface area contributed by atoms with Gasteiger partial charge in [0.15, 0.2) is 0 Å². The topological polar surface area (TPSA) is 48.7 Å². The summed E-state index contributed by atoms with van der Waals surface area (Å²) >= 11 is 0. The Morgan fingerprint density at radius 1 is 1.38 bits per heavy atom. The van der Waals surface area contributed by atoms with Gasteiger partial charge < -0.3 is 5.32 Å². The van der Waals surface area contributed by atoms with Crippen molar-refractivity contribution in [1.29, 1.82) is 5.26 Å². The second-order valence-corrected chi connectivity index (χ2v) is 5.33. The zero-order valence-electron chi connectivity index (χ0n) is 10.7. The summed E-state index contributed by atoms with van der Waals surface area (Å²) in [6.07, 6.45) is 0. The maximum atomic E-state index is 9.09. The van der Waals surface area contributed by atoms with Gasteiger partial charge in [-0.2, -0.15) is 5.26 Å². The molecule has 3 nitrogen and oxygen atoms in total. The molecule has 0 fully saturated rings. The van der Waals surface area contributed by atoms with E-state index in [-0.39, 0.29) is 5.41 Å². The van der Waals surface area contributed by atoms with Crippen LogP contribution in [0, 0.1) is 30.6 Å². The molecule has 0 aromatic carbocycles. The lowest BCUT2D eigenvalue weighted by Gasteiger charge is -2.20. The van der Waals surface area contributed by atoms with Crippen LogP contribution in [-0.4, -0.2) is 11.5 Å². The van der Waals surface area contributed by atoms with E-state index in [1.165, 1.54) is 0 Å². The Labute approximate surface area is 97.5 Å². The first-order valence-electron chi connectivity index (χ1n) is 5.46. The maximum Gasteiger partial charge on any atom is 0.144 e. The smallest absolute Gasteiger partial charge is 0.144 e. The molecule has 0 bridgehead atoms. The van der Waals surface area contributed by atoms with E-state index in [2.05, 4.69) is 37.1 Å². The molecule has 0 aliphatic heterocycles. The number of hydrogen-bond acceptors (Lipinski definition) is 3. The number of anilines is 1. The summed E-state index contributed by atoms with van der Waals surface area (Å²) in [5.41, 5.74) is 2.74. The fourth-order valence-corrected chi connectivity index (χ4v) is 1.45. The van der Waals surface area contributed by atoms with E-state index >= 15 is 0 Å². The van der Waals surface area contributed by atoms with E-state index in [0.717, 1.165) is 17.8 Å². The molecule has 0 saturated heterocycles. The SMILES string of the molecule is Cc1cc(C)c(C#N)c(NCC(C)(C)C)n1. The third kappa shape index (κ3) is 3.23. The summed E-state index contributed by atoms with van der Waals surface area (Å²) in [4.78, 5) is 4.37. The molecule has 0 amide bonds. The van der Waals surface area contributed by atoms with Crippen molar-refractivity contribution >= 4 is 5.82 Å². The predicted octanol–water partition coefficient (Wildman–Crippen LogP) is 3.03. The Morgan fingerprint density at radius 2 is 2.00 bits per heavy atom. The summed E-state index contributed by atoms with van der Waals surface area (Å²) in [7, 11) is 0. The van der Waals surface area contributed by atoms with E-state index in [1.807, 2.05) is 19.9 Å². The van der Waals surface area contributed by atoms with Crippen LogP contribution in [0.3, 0.4) is 0 Å². The first-order valence-corrected chi connectivity index (χ1v) is 5.46. The highest BCUT2D eigenvalue weighted by Gasteiger charge is 2.13. The largest absolute Gasteiger partial charge is 0.368 e. The van der Waals surface area contributed by atoms with Crippen LogP contribution in [0.2, 0.25) is 0 Å². The minimum Gasteiger partial charge on any atom is -0.368 e. The fraction of sp³-hybridized carbons (Fsp3) is 0.538. The third-order valence-corrected chi connectivity index (χ3v) is 2.24. The monoisotopic (exact) mass is 217 g/mol. The van der Waals surface area contributed by atoms with Gasteiger partial charge in [0.05, 0.1) is 5.56 Å². The van der Waals surface area contributed by atoms with Crippen molar-refractivity contribution in [3.8, 4) is 6.07 Å². The molecule has 1 heterocycles. The van der Waals surface area contributed by atoms with Gasteiger partial charge in [-0.3, -0.25) is 0 Å². The van der Waals surface area contributed by atoms with Gasteiger partial charge in [0.25, 0.3) is 0 Å². The third-order valence-electron chi connectivity index (χ3n) is 2.24. The van der Waals surface area contributed by atoms with Gasteiger partial charge in [-0.1, -0.05) is 20.8 Å². The van der Waals surface area contributed by atoms with Crippen LogP contribution < -0.4 is 5.32 Å². The van der Waals surface area contributed by atoms with Crippen molar-refractivity contribution in [3.63, 3.8) is 0 Å². The molecule has 0 atom stereocenters. The second kappa shape index (κ2) is 4.52. The average Bonchev–Trinajstić information content (AvgIpc) is 2.12. The molecule has 0 unspecified atom stereocenters. The fourth-order valence-electron chi connectivity index (χ4n) is 1.45. The molecule has 0 spiro atoms. The Balaban J connectivity index is 3.00. The lowest BCUT2D eigenvalue weighted by atomic mass is 9.97. The summed E-state index contributed by atoms with van der Waals surface area (Å²) in [6, 6.07) is 4.13. The molecule has 0 aliphatic carbocycles. The number of rotatable bonds is 2. The van der Waals surface area contributed by atoms with Crippen molar-refractivity contribution < 1.29 is 0 Å². The number of nitrogens with one attached hydrogen (secondary N) is 1. The maximum absolute atomic E-state index is 9.09. The molecule has 1 rings (SSSR count). The summed E-state index contributed by atoms with van der Waals surface area (Å²) in [5.74, 6) is 0.704. The summed E-state index contributed by atoms with van der Waals surface area (Å²) in [5, 5.41) is 12.3. The minimum atomic E-state index is 0.173. The van der Waals surface area contributed by atoms with E-state index < -0.39 is 0 Å². The standard InChI is InChI=1S/C13H19N3/c1-9-6-10(2)16-12(11(9)7-14)15-8-13(3,4)5/h6H,8H2,1-5H3,(H,15,16). The van der Waals surface area contributed by atoms with Crippen molar-refractivity contribution in [1.82, 2.24) is 4.98 Å². The normalized spacial score (nSPS) is 11.0. The van der Waals surface area contributed by atoms with Crippen LogP contribution >= 0.6 is 0 Å². The van der Waals surface area contributed by atoms with Crippen molar-refractivity contribution in [2.75, 3.05) is 11.9 Å². The van der Waals surface area contributed by atoms with Crippen molar-refractivity contribution in [3.05, 3.63) is 22.9 Å². The van der Waals surface area contributed by atoms with Gasteiger partial charge in [0.2, 0.25) is 0 Å². The van der Waals surface area contributed by atoms with Gasteiger partial charge >= 0.3 is 0 Å². The quantitative estimate of drug-likeness (QED) is 0.828. The van der Waals surface area contributed by atoms with Gasteiger partial charge in [-0.15, -0.1) is 0 Å². The van der Waals surface area contributed by atoms with Gasteiger partial charge in [-0.25, -0.2) is 4.98 Å². The molecule has 1 aromatic rings. The van der Waals surface area contributed by atoms with Crippen LogP contribution in [0.4, 0.5) is 5.82 Å². The Hall–Kier alpha value is -1.56. The number of nitrogens with zero attached hydrogens (tertiary/aromatic N) is 2. The second-order valence-electron chi connectivity index (χ2n) is 5.33. The number of hydrogen-bond donors (Lipinski definition) is 1. The zero-order valence-corrected chi connectivity index (χ0v) is 10.7. The highest BCUT2D eigenvalue weighted by atomic mass is 15.0. The summed E-state index contributed by atoms with van der Waals surface area (Å²) < 4.78 is 0. The molecule has 0 radical (unpaired) electrons. The average molecular weight is 217 g/mol. The molecular weight excluding hydrogens is 198 g/mol. The Morgan fingerprint density at radius 3 is 2.50 bits per heavy atom. The van der Waals surface area contributed by atoms with Crippen LogP contribution in [0.5, 0.6) is 0 Å². The lowest BCUT2D eigenvalue weighted by Crippen LogP contribution is -2.20. The minimum absolute atomic E-state index is 0.173. The van der Waals surface area contributed by atoms with E-state index in [0.29, 0.717) is 11.4 Å². The van der Waals surface area contributed by atoms with Gasteiger partial charge in [0, 0.05) is 12.2 Å². The highest BCUT2D eigenvalue weighted by molar-refractivity contribution is 5.56. The molecular formula is C13H19N3. The van der Waals surface area contributed by atoms with Gasteiger partial charge in [-0.05, 0) is 30.9 Å². The van der Waals surface area contributed by atoms with E-state index in [9.17, 15) is 0 Å². The predicted molar refractivity (Wildman–Crippen MR) is 66.4 cm³/mol. The number of nitriles is 1. The first kappa shape index (κ1) is 12.5. The first-order chi connectivity index (χ1) is 7.33. The lowest BCUT2D eigenvalue weighted by molar-refractivity contribution is 0.442. The number of aryl methyl sites for hydroxylation is 2. The number of aromatic nitrogens is 1. The molecule has 86 valence electrons. The molecule has 1 aromatic heterocycles. The molecule has 3 heteroatoms.